The molecule has 1 saturated heterocycles. The van der Waals surface area contributed by atoms with Gasteiger partial charge in [0.25, 0.3) is 0 Å². The molecule has 1 aliphatic heterocycles. The minimum atomic E-state index is -1.47. The summed E-state index contributed by atoms with van der Waals surface area (Å²) in [6.07, 6.45) is -2.62. The summed E-state index contributed by atoms with van der Waals surface area (Å²) in [4.78, 5) is 5.64. The number of rotatable bonds is 9. The van der Waals surface area contributed by atoms with Crippen LogP contribution in [0, 0.1) is 0 Å². The Bertz CT molecular complexity index is 780. The Morgan fingerprint density at radius 1 is 1.10 bits per heavy atom. The first-order chi connectivity index (χ1) is 14.0. The number of benzene rings is 1. The van der Waals surface area contributed by atoms with Crippen LogP contribution >= 0.6 is 0 Å². The fourth-order valence-corrected chi connectivity index (χ4v) is 3.83. The zero-order valence-corrected chi connectivity index (χ0v) is 17.0. The van der Waals surface area contributed by atoms with Crippen LogP contribution in [0.3, 0.4) is 0 Å². The van der Waals surface area contributed by atoms with Crippen LogP contribution in [0.5, 0.6) is 5.75 Å². The first kappa shape index (κ1) is 22.0. The van der Waals surface area contributed by atoms with Gasteiger partial charge in [0.2, 0.25) is 6.29 Å². The van der Waals surface area contributed by atoms with Crippen LogP contribution in [-0.4, -0.2) is 87.3 Å². The SMILES string of the molecule is CCCN(CC)CCc1c[nH]c2cccc(OC3O[C@H](CO)[C@@H](O)[C@H](O)C3O)c12. The van der Waals surface area contributed by atoms with Gasteiger partial charge in [-0.2, -0.15) is 0 Å². The fraction of sp³-hybridized carbons (Fsp3) is 0.619. The number of aliphatic hydroxyl groups is 4. The van der Waals surface area contributed by atoms with E-state index in [4.69, 9.17) is 9.47 Å². The van der Waals surface area contributed by atoms with Crippen molar-refractivity contribution in [1.82, 2.24) is 9.88 Å². The Morgan fingerprint density at radius 3 is 2.59 bits per heavy atom. The maximum Gasteiger partial charge on any atom is 0.229 e. The number of H-pyrrole nitrogens is 1. The highest BCUT2D eigenvalue weighted by molar-refractivity contribution is 5.89. The van der Waals surface area contributed by atoms with Gasteiger partial charge in [0, 0.05) is 23.6 Å². The molecule has 5 N–H and O–H groups in total. The van der Waals surface area contributed by atoms with Crippen LogP contribution in [0.2, 0.25) is 0 Å². The molecule has 2 heterocycles. The number of nitrogens with zero attached hydrogens (tertiary/aromatic N) is 1. The molecule has 2 unspecified atom stereocenters. The van der Waals surface area contributed by atoms with Gasteiger partial charge in [-0.1, -0.05) is 19.9 Å². The average Bonchev–Trinajstić information content (AvgIpc) is 3.15. The fourth-order valence-electron chi connectivity index (χ4n) is 3.83. The van der Waals surface area contributed by atoms with Crippen LogP contribution in [0.1, 0.15) is 25.8 Å². The number of hydrogen-bond donors (Lipinski definition) is 5. The van der Waals surface area contributed by atoms with Crippen molar-refractivity contribution in [3.8, 4) is 5.75 Å². The summed E-state index contributed by atoms with van der Waals surface area (Å²) >= 11 is 0. The zero-order valence-electron chi connectivity index (χ0n) is 17.0. The van der Waals surface area contributed by atoms with E-state index in [1.165, 1.54) is 0 Å². The van der Waals surface area contributed by atoms with E-state index < -0.39 is 37.3 Å². The molecule has 0 aliphatic carbocycles. The lowest BCUT2D eigenvalue weighted by atomic mass is 9.99. The molecule has 0 radical (unpaired) electrons. The highest BCUT2D eigenvalue weighted by atomic mass is 16.7. The maximum atomic E-state index is 10.3. The van der Waals surface area contributed by atoms with E-state index in [0.29, 0.717) is 5.75 Å². The number of aliphatic hydroxyl groups excluding tert-OH is 4. The second-order valence-electron chi connectivity index (χ2n) is 7.49. The largest absolute Gasteiger partial charge is 0.461 e. The monoisotopic (exact) mass is 408 g/mol. The third-order valence-electron chi connectivity index (χ3n) is 5.53. The Kier molecular flexibility index (Phi) is 7.50. The molecule has 3 rings (SSSR count). The number of hydrogen-bond acceptors (Lipinski definition) is 7. The first-order valence-corrected chi connectivity index (χ1v) is 10.3. The minimum Gasteiger partial charge on any atom is -0.461 e. The lowest BCUT2D eigenvalue weighted by Crippen LogP contribution is -2.60. The maximum absolute atomic E-state index is 10.3. The number of ether oxygens (including phenoxy) is 2. The standard InChI is InChI=1S/C21H32N2O6/c1-3-9-23(4-2)10-8-13-11-22-14-6-5-7-15(17(13)14)28-21-20(27)19(26)18(25)16(12-24)29-21/h5-7,11,16,18-22,24-27H,3-4,8-10,12H2,1-2H3/t16-,18-,19+,20?,21?/m1/s1. The molecule has 1 aromatic heterocycles. The van der Waals surface area contributed by atoms with Crippen LogP contribution < -0.4 is 4.74 Å². The zero-order chi connectivity index (χ0) is 21.0. The van der Waals surface area contributed by atoms with Crippen LogP contribution in [0.15, 0.2) is 24.4 Å². The summed E-state index contributed by atoms with van der Waals surface area (Å²) in [7, 11) is 0. The molecular formula is C21H32N2O6. The molecule has 1 fully saturated rings. The van der Waals surface area contributed by atoms with Crippen molar-refractivity contribution in [2.45, 2.75) is 57.4 Å². The van der Waals surface area contributed by atoms with Crippen molar-refractivity contribution in [2.24, 2.45) is 0 Å². The van der Waals surface area contributed by atoms with Crippen LogP contribution in [0.25, 0.3) is 10.9 Å². The number of likely N-dealkylation sites (N-methyl/N-ethyl adjacent to an activating group) is 1. The smallest absolute Gasteiger partial charge is 0.229 e. The summed E-state index contributed by atoms with van der Waals surface area (Å²) < 4.78 is 11.4. The Hall–Kier alpha value is -1.68. The van der Waals surface area contributed by atoms with Gasteiger partial charge in [0.05, 0.1) is 6.61 Å². The average molecular weight is 408 g/mol. The molecule has 0 bridgehead atoms. The van der Waals surface area contributed by atoms with Crippen molar-refractivity contribution in [3.05, 3.63) is 30.0 Å². The number of nitrogens with one attached hydrogen (secondary N) is 1. The summed E-state index contributed by atoms with van der Waals surface area (Å²) in [6.45, 7) is 6.79. The molecule has 162 valence electrons. The quantitative estimate of drug-likeness (QED) is 0.413. The molecule has 8 heteroatoms. The predicted molar refractivity (Wildman–Crippen MR) is 109 cm³/mol. The van der Waals surface area contributed by atoms with Crippen molar-refractivity contribution < 1.29 is 29.9 Å². The lowest BCUT2D eigenvalue weighted by Gasteiger charge is -2.39. The van der Waals surface area contributed by atoms with E-state index in [0.717, 1.165) is 48.9 Å². The van der Waals surface area contributed by atoms with Crippen molar-refractivity contribution in [1.29, 1.82) is 0 Å². The van der Waals surface area contributed by atoms with Gasteiger partial charge in [-0.05, 0) is 43.6 Å². The van der Waals surface area contributed by atoms with Crippen LogP contribution in [0.4, 0.5) is 0 Å². The second-order valence-corrected chi connectivity index (χ2v) is 7.49. The number of fused-ring (bicyclic) bond motifs is 1. The third-order valence-corrected chi connectivity index (χ3v) is 5.53. The molecule has 0 amide bonds. The Balaban J connectivity index is 1.81. The number of aromatic nitrogens is 1. The molecular weight excluding hydrogens is 376 g/mol. The lowest BCUT2D eigenvalue weighted by molar-refractivity contribution is -0.277. The van der Waals surface area contributed by atoms with Gasteiger partial charge in [-0.3, -0.25) is 0 Å². The van der Waals surface area contributed by atoms with E-state index in [9.17, 15) is 20.4 Å². The first-order valence-electron chi connectivity index (χ1n) is 10.3. The van der Waals surface area contributed by atoms with E-state index >= 15 is 0 Å². The van der Waals surface area contributed by atoms with Gasteiger partial charge in [0.15, 0.2) is 0 Å². The van der Waals surface area contributed by atoms with Crippen molar-refractivity contribution in [3.63, 3.8) is 0 Å². The minimum absolute atomic E-state index is 0.491. The van der Waals surface area contributed by atoms with Gasteiger partial charge >= 0.3 is 0 Å². The summed E-state index contributed by atoms with van der Waals surface area (Å²) in [6, 6.07) is 5.56. The normalized spacial score (nSPS) is 27.6. The summed E-state index contributed by atoms with van der Waals surface area (Å²) in [5.41, 5.74) is 2.00. The molecule has 0 saturated carbocycles. The van der Waals surface area contributed by atoms with Gasteiger partial charge in [-0.25, -0.2) is 0 Å². The van der Waals surface area contributed by atoms with E-state index in [-0.39, 0.29) is 0 Å². The van der Waals surface area contributed by atoms with Crippen molar-refractivity contribution >= 4 is 10.9 Å². The van der Waals surface area contributed by atoms with Gasteiger partial charge in [0.1, 0.15) is 30.2 Å². The van der Waals surface area contributed by atoms with Gasteiger partial charge in [-0.15, -0.1) is 0 Å². The topological polar surface area (TPSA) is 118 Å². The van der Waals surface area contributed by atoms with Crippen LogP contribution in [-0.2, 0) is 11.2 Å². The molecule has 5 atom stereocenters. The molecule has 1 aliphatic rings. The Morgan fingerprint density at radius 2 is 1.90 bits per heavy atom. The number of aromatic amines is 1. The third kappa shape index (κ3) is 4.74. The Labute approximate surface area is 170 Å². The highest BCUT2D eigenvalue weighted by Gasteiger charge is 2.44. The summed E-state index contributed by atoms with van der Waals surface area (Å²) in [5.74, 6) is 0.515. The van der Waals surface area contributed by atoms with E-state index in [1.54, 1.807) is 6.07 Å². The molecule has 8 nitrogen and oxygen atoms in total. The molecule has 29 heavy (non-hydrogen) atoms. The van der Waals surface area contributed by atoms with Crippen molar-refractivity contribution in [2.75, 3.05) is 26.2 Å². The second kappa shape index (κ2) is 9.88. The molecule has 2 aromatic rings. The molecule has 0 spiro atoms. The summed E-state index contributed by atoms with van der Waals surface area (Å²) in [5, 5.41) is 40.5. The van der Waals surface area contributed by atoms with E-state index in [2.05, 4.69) is 23.7 Å². The molecule has 1 aromatic carbocycles. The predicted octanol–water partition coefficient (Wildman–Crippen LogP) is 0.621. The highest BCUT2D eigenvalue weighted by Crippen LogP contribution is 2.32. The van der Waals surface area contributed by atoms with E-state index in [1.807, 2.05) is 18.3 Å². The van der Waals surface area contributed by atoms with Gasteiger partial charge < -0.3 is 39.8 Å².